The van der Waals surface area contributed by atoms with Gasteiger partial charge in [0.1, 0.15) is 12.7 Å². The maximum atomic E-state index is 12.5. The summed E-state index contributed by atoms with van der Waals surface area (Å²) in [5.41, 5.74) is 1.01. The number of hydrogen-bond acceptors (Lipinski definition) is 4. The van der Waals surface area contributed by atoms with Crippen molar-refractivity contribution in [1.82, 2.24) is 10.2 Å². The first kappa shape index (κ1) is 19.3. The average Bonchev–Trinajstić information content (AvgIpc) is 2.70. The Morgan fingerprint density at radius 1 is 1.14 bits per heavy atom. The van der Waals surface area contributed by atoms with Crippen LogP contribution in [0.1, 0.15) is 18.4 Å². The van der Waals surface area contributed by atoms with Gasteiger partial charge in [0, 0.05) is 23.6 Å². The van der Waals surface area contributed by atoms with Crippen LogP contribution in [0.5, 0.6) is 11.5 Å². The standard InChI is InChI=1S/C22H25BrN2O3/c23-19-8-2-1-6-16(19)12-22(26)24-17-7-5-11-25(13-17)14-18-15-27-20-9-3-4-10-21(20)28-18/h1-4,6,8-10,17-18H,5,7,11-15H2,(H,24,26)/t17-,18-/m0/s1. The molecule has 0 aliphatic carbocycles. The molecule has 2 aliphatic rings. The Bertz CT molecular complexity index is 829. The van der Waals surface area contributed by atoms with E-state index in [-0.39, 0.29) is 18.1 Å². The normalized spacial score (nSPS) is 21.9. The molecule has 1 saturated heterocycles. The van der Waals surface area contributed by atoms with Crippen molar-refractivity contribution in [2.24, 2.45) is 0 Å². The highest BCUT2D eigenvalue weighted by molar-refractivity contribution is 9.10. The first-order valence-electron chi connectivity index (χ1n) is 9.81. The largest absolute Gasteiger partial charge is 0.486 e. The molecule has 2 aliphatic heterocycles. The van der Waals surface area contributed by atoms with Crippen molar-refractivity contribution in [2.75, 3.05) is 26.2 Å². The van der Waals surface area contributed by atoms with Crippen molar-refractivity contribution in [3.8, 4) is 11.5 Å². The molecule has 2 atom stereocenters. The lowest BCUT2D eigenvalue weighted by molar-refractivity contribution is -0.121. The zero-order valence-corrected chi connectivity index (χ0v) is 17.4. The Balaban J connectivity index is 1.27. The number of amides is 1. The van der Waals surface area contributed by atoms with Crippen molar-refractivity contribution in [1.29, 1.82) is 0 Å². The van der Waals surface area contributed by atoms with Crippen LogP contribution in [0.15, 0.2) is 53.0 Å². The topological polar surface area (TPSA) is 50.8 Å². The molecule has 28 heavy (non-hydrogen) atoms. The number of nitrogens with zero attached hydrogens (tertiary/aromatic N) is 1. The molecule has 5 nitrogen and oxygen atoms in total. The van der Waals surface area contributed by atoms with Crippen LogP contribution in [0.3, 0.4) is 0 Å². The third kappa shape index (κ3) is 4.86. The van der Waals surface area contributed by atoms with Gasteiger partial charge in [-0.2, -0.15) is 0 Å². The predicted molar refractivity (Wildman–Crippen MR) is 112 cm³/mol. The number of para-hydroxylation sites is 2. The number of halogens is 1. The molecule has 148 valence electrons. The van der Waals surface area contributed by atoms with Gasteiger partial charge in [0.2, 0.25) is 5.91 Å². The fourth-order valence-electron chi connectivity index (χ4n) is 3.87. The Labute approximate surface area is 174 Å². The maximum absolute atomic E-state index is 12.5. The second kappa shape index (κ2) is 8.97. The third-order valence-electron chi connectivity index (χ3n) is 5.21. The SMILES string of the molecule is O=C(Cc1ccccc1Br)N[C@H]1CCCN(C[C@H]2COc3ccccc3O2)C1. The number of likely N-dealkylation sites (tertiary alicyclic amines) is 1. The van der Waals surface area contributed by atoms with E-state index in [0.29, 0.717) is 13.0 Å². The minimum Gasteiger partial charge on any atom is -0.486 e. The van der Waals surface area contributed by atoms with E-state index < -0.39 is 0 Å². The minimum atomic E-state index is 0.0182. The number of nitrogens with one attached hydrogen (secondary N) is 1. The van der Waals surface area contributed by atoms with Crippen molar-refractivity contribution in [3.05, 3.63) is 58.6 Å². The molecule has 0 spiro atoms. The van der Waals surface area contributed by atoms with Gasteiger partial charge in [-0.05, 0) is 43.1 Å². The predicted octanol–water partition coefficient (Wildman–Crippen LogP) is 3.41. The summed E-state index contributed by atoms with van der Waals surface area (Å²) in [5.74, 6) is 1.70. The molecule has 2 heterocycles. The average molecular weight is 445 g/mol. The molecule has 2 aromatic rings. The Morgan fingerprint density at radius 3 is 2.79 bits per heavy atom. The van der Waals surface area contributed by atoms with E-state index in [1.165, 1.54) is 0 Å². The lowest BCUT2D eigenvalue weighted by atomic mass is 10.0. The molecule has 1 amide bonds. The Morgan fingerprint density at radius 2 is 1.93 bits per heavy atom. The van der Waals surface area contributed by atoms with Gasteiger partial charge in [-0.25, -0.2) is 0 Å². The second-order valence-electron chi connectivity index (χ2n) is 7.43. The molecule has 0 radical (unpaired) electrons. The number of benzene rings is 2. The van der Waals surface area contributed by atoms with Gasteiger partial charge in [0.05, 0.1) is 6.42 Å². The van der Waals surface area contributed by atoms with Crippen LogP contribution >= 0.6 is 15.9 Å². The smallest absolute Gasteiger partial charge is 0.224 e. The zero-order chi connectivity index (χ0) is 19.3. The van der Waals surface area contributed by atoms with E-state index in [0.717, 1.165) is 54.0 Å². The molecular weight excluding hydrogens is 420 g/mol. The summed E-state index contributed by atoms with van der Waals surface area (Å²) in [5, 5.41) is 3.20. The summed E-state index contributed by atoms with van der Waals surface area (Å²) in [7, 11) is 0. The number of carbonyl (C=O) groups excluding carboxylic acids is 1. The molecule has 1 fully saturated rings. The fourth-order valence-corrected chi connectivity index (χ4v) is 4.30. The summed E-state index contributed by atoms with van der Waals surface area (Å²) in [6.07, 6.45) is 2.51. The molecular formula is C22H25BrN2O3. The van der Waals surface area contributed by atoms with Gasteiger partial charge in [-0.1, -0.05) is 46.3 Å². The van der Waals surface area contributed by atoms with Crippen molar-refractivity contribution < 1.29 is 14.3 Å². The van der Waals surface area contributed by atoms with E-state index in [2.05, 4.69) is 26.1 Å². The van der Waals surface area contributed by atoms with Gasteiger partial charge >= 0.3 is 0 Å². The first-order chi connectivity index (χ1) is 13.7. The Kier molecular flexibility index (Phi) is 6.17. The van der Waals surface area contributed by atoms with Crippen LogP contribution in [-0.2, 0) is 11.2 Å². The van der Waals surface area contributed by atoms with Crippen molar-refractivity contribution >= 4 is 21.8 Å². The molecule has 2 aromatic carbocycles. The van der Waals surface area contributed by atoms with E-state index in [1.54, 1.807) is 0 Å². The number of piperidine rings is 1. The summed E-state index contributed by atoms with van der Waals surface area (Å²) < 4.78 is 12.9. The molecule has 4 rings (SSSR count). The van der Waals surface area contributed by atoms with Crippen LogP contribution in [0, 0.1) is 0 Å². The van der Waals surface area contributed by atoms with Crippen LogP contribution in [-0.4, -0.2) is 49.2 Å². The van der Waals surface area contributed by atoms with Gasteiger partial charge in [0.15, 0.2) is 11.5 Å². The van der Waals surface area contributed by atoms with Crippen LogP contribution in [0.4, 0.5) is 0 Å². The number of hydrogen-bond donors (Lipinski definition) is 1. The molecule has 0 bridgehead atoms. The zero-order valence-electron chi connectivity index (χ0n) is 15.8. The van der Waals surface area contributed by atoms with Crippen LogP contribution in [0.2, 0.25) is 0 Å². The number of carbonyl (C=O) groups is 1. The summed E-state index contributed by atoms with van der Waals surface area (Å²) in [6.45, 7) is 3.25. The highest BCUT2D eigenvalue weighted by Crippen LogP contribution is 2.31. The number of ether oxygens (including phenoxy) is 2. The minimum absolute atomic E-state index is 0.0182. The second-order valence-corrected chi connectivity index (χ2v) is 8.29. The number of fused-ring (bicyclic) bond motifs is 1. The first-order valence-corrected chi connectivity index (χ1v) is 10.6. The summed E-state index contributed by atoms with van der Waals surface area (Å²) >= 11 is 3.51. The molecule has 0 saturated carbocycles. The quantitative estimate of drug-likeness (QED) is 0.767. The molecule has 1 N–H and O–H groups in total. The third-order valence-corrected chi connectivity index (χ3v) is 5.98. The van der Waals surface area contributed by atoms with E-state index >= 15 is 0 Å². The highest BCUT2D eigenvalue weighted by Gasteiger charge is 2.27. The van der Waals surface area contributed by atoms with Gasteiger partial charge in [0.25, 0.3) is 0 Å². The molecule has 6 heteroatoms. The van der Waals surface area contributed by atoms with Gasteiger partial charge < -0.3 is 14.8 Å². The summed E-state index contributed by atoms with van der Waals surface area (Å²) in [6, 6.07) is 15.8. The van der Waals surface area contributed by atoms with E-state index in [1.807, 2.05) is 48.5 Å². The van der Waals surface area contributed by atoms with Crippen molar-refractivity contribution in [2.45, 2.75) is 31.4 Å². The van der Waals surface area contributed by atoms with Crippen molar-refractivity contribution in [3.63, 3.8) is 0 Å². The lowest BCUT2D eigenvalue weighted by Gasteiger charge is -2.36. The van der Waals surface area contributed by atoms with E-state index in [9.17, 15) is 4.79 Å². The fraction of sp³-hybridized carbons (Fsp3) is 0.409. The monoisotopic (exact) mass is 444 g/mol. The molecule has 0 unspecified atom stereocenters. The van der Waals surface area contributed by atoms with Gasteiger partial charge in [-0.15, -0.1) is 0 Å². The van der Waals surface area contributed by atoms with Crippen LogP contribution < -0.4 is 14.8 Å². The number of rotatable bonds is 5. The highest BCUT2D eigenvalue weighted by atomic mass is 79.9. The van der Waals surface area contributed by atoms with Crippen LogP contribution in [0.25, 0.3) is 0 Å². The van der Waals surface area contributed by atoms with Gasteiger partial charge in [-0.3, -0.25) is 9.69 Å². The molecule has 0 aromatic heterocycles. The van der Waals surface area contributed by atoms with E-state index in [4.69, 9.17) is 9.47 Å². The maximum Gasteiger partial charge on any atom is 0.224 e. The summed E-state index contributed by atoms with van der Waals surface area (Å²) in [4.78, 5) is 14.8. The lowest BCUT2D eigenvalue weighted by Crippen LogP contribution is -2.51. The Hall–Kier alpha value is -2.05.